The van der Waals surface area contributed by atoms with Crippen LogP contribution in [-0.4, -0.2) is 24.5 Å². The van der Waals surface area contributed by atoms with Gasteiger partial charge in [0.25, 0.3) is 0 Å². The van der Waals surface area contributed by atoms with E-state index in [-0.39, 0.29) is 6.04 Å². The van der Waals surface area contributed by atoms with Crippen molar-refractivity contribution < 1.29 is 0 Å². The average molecular weight is 297 g/mol. The Balaban J connectivity index is 2.18. The number of halogens is 1. The molecular weight excluding hydrogens is 276 g/mol. The van der Waals surface area contributed by atoms with Gasteiger partial charge < -0.3 is 5.73 Å². The van der Waals surface area contributed by atoms with Crippen LogP contribution in [0, 0.1) is 5.92 Å². The molecule has 0 bridgehead atoms. The Hall–Kier alpha value is -0.380. The zero-order chi connectivity index (χ0) is 12.4. The molecule has 0 aromatic heterocycles. The van der Waals surface area contributed by atoms with E-state index < -0.39 is 0 Å². The molecule has 0 amide bonds. The summed E-state index contributed by atoms with van der Waals surface area (Å²) in [5, 5.41) is 0. The van der Waals surface area contributed by atoms with Crippen molar-refractivity contribution in [3.8, 4) is 0 Å². The molecule has 17 heavy (non-hydrogen) atoms. The smallest absolute Gasteiger partial charge is 0.0504 e. The van der Waals surface area contributed by atoms with Crippen LogP contribution in [0.4, 0.5) is 0 Å². The zero-order valence-corrected chi connectivity index (χ0v) is 12.2. The molecule has 2 rings (SSSR count). The van der Waals surface area contributed by atoms with E-state index >= 15 is 0 Å². The number of likely N-dealkylation sites (N-methyl/N-ethyl adjacent to an activating group) is 1. The van der Waals surface area contributed by atoms with E-state index in [1.54, 1.807) is 0 Å². The molecule has 0 heterocycles. The lowest BCUT2D eigenvalue weighted by molar-refractivity contribution is 0.210. The van der Waals surface area contributed by atoms with Gasteiger partial charge in [0.2, 0.25) is 0 Å². The molecule has 1 fully saturated rings. The number of rotatable bonds is 5. The highest BCUT2D eigenvalue weighted by Crippen LogP contribution is 2.34. The summed E-state index contributed by atoms with van der Waals surface area (Å²) in [6, 6.07) is 8.83. The maximum Gasteiger partial charge on any atom is 0.0504 e. The molecule has 1 aromatic carbocycles. The first kappa shape index (κ1) is 13.1. The number of hydrogen-bond acceptors (Lipinski definition) is 2. The van der Waals surface area contributed by atoms with Gasteiger partial charge in [0.1, 0.15) is 0 Å². The second-order valence-corrected chi connectivity index (χ2v) is 6.06. The normalized spacial score (nSPS) is 19.4. The first-order chi connectivity index (χ1) is 8.09. The predicted molar refractivity (Wildman–Crippen MR) is 75.9 cm³/mol. The Labute approximate surface area is 112 Å². The van der Waals surface area contributed by atoms with Gasteiger partial charge in [-0.05, 0) is 44.4 Å². The molecular formula is C14H21BrN2. The number of benzene rings is 1. The summed E-state index contributed by atoms with van der Waals surface area (Å²) in [6.07, 6.45) is 2.76. The average Bonchev–Trinajstić information content (AvgIpc) is 3.04. The van der Waals surface area contributed by atoms with Crippen LogP contribution in [0.25, 0.3) is 0 Å². The molecule has 1 aliphatic rings. The molecule has 94 valence electrons. The standard InChI is InChI=1S/C14H21BrN2/c1-10(16)14(17(2)9-11-7-8-11)12-5-3-4-6-13(12)15/h3-6,10-11,14H,7-9,16H2,1-2H3. The van der Waals surface area contributed by atoms with Gasteiger partial charge in [0, 0.05) is 17.1 Å². The van der Waals surface area contributed by atoms with Gasteiger partial charge >= 0.3 is 0 Å². The third kappa shape index (κ3) is 3.30. The summed E-state index contributed by atoms with van der Waals surface area (Å²) in [5.74, 6) is 0.892. The molecule has 2 atom stereocenters. The van der Waals surface area contributed by atoms with Gasteiger partial charge in [-0.2, -0.15) is 0 Å². The fourth-order valence-corrected chi connectivity index (χ4v) is 2.98. The van der Waals surface area contributed by atoms with E-state index in [0.29, 0.717) is 6.04 Å². The lowest BCUT2D eigenvalue weighted by atomic mass is 9.99. The first-order valence-electron chi connectivity index (χ1n) is 6.30. The van der Waals surface area contributed by atoms with Crippen molar-refractivity contribution in [3.05, 3.63) is 34.3 Å². The van der Waals surface area contributed by atoms with Gasteiger partial charge in [-0.1, -0.05) is 34.1 Å². The third-order valence-electron chi connectivity index (χ3n) is 3.44. The molecule has 3 heteroatoms. The van der Waals surface area contributed by atoms with E-state index in [1.807, 2.05) is 6.07 Å². The second-order valence-electron chi connectivity index (χ2n) is 5.21. The number of nitrogens with two attached hydrogens (primary N) is 1. The van der Waals surface area contributed by atoms with Crippen LogP contribution >= 0.6 is 15.9 Å². The molecule has 0 spiro atoms. The van der Waals surface area contributed by atoms with Crippen molar-refractivity contribution in [2.75, 3.05) is 13.6 Å². The predicted octanol–water partition coefficient (Wildman–Crippen LogP) is 3.18. The Morgan fingerprint density at radius 3 is 2.59 bits per heavy atom. The molecule has 1 saturated carbocycles. The number of nitrogens with zero attached hydrogens (tertiary/aromatic N) is 1. The van der Waals surface area contributed by atoms with Crippen LogP contribution in [0.3, 0.4) is 0 Å². The molecule has 1 aromatic rings. The van der Waals surface area contributed by atoms with Gasteiger partial charge in [0.15, 0.2) is 0 Å². The fourth-order valence-electron chi connectivity index (χ4n) is 2.46. The SMILES string of the molecule is CC(N)C(c1ccccc1Br)N(C)CC1CC1. The van der Waals surface area contributed by atoms with E-state index in [2.05, 4.69) is 53.0 Å². The molecule has 1 aliphatic carbocycles. The van der Waals surface area contributed by atoms with Gasteiger partial charge in [-0.25, -0.2) is 0 Å². The minimum atomic E-state index is 0.137. The topological polar surface area (TPSA) is 29.3 Å². The fraction of sp³-hybridized carbons (Fsp3) is 0.571. The van der Waals surface area contributed by atoms with Crippen LogP contribution in [0.15, 0.2) is 28.7 Å². The minimum absolute atomic E-state index is 0.137. The Bertz CT molecular complexity index is 374. The molecule has 2 N–H and O–H groups in total. The largest absolute Gasteiger partial charge is 0.326 e. The second kappa shape index (κ2) is 5.51. The molecule has 2 nitrogen and oxygen atoms in total. The maximum atomic E-state index is 6.17. The third-order valence-corrected chi connectivity index (χ3v) is 4.16. The highest BCUT2D eigenvalue weighted by Gasteiger charge is 2.29. The van der Waals surface area contributed by atoms with Gasteiger partial charge in [-0.15, -0.1) is 0 Å². The quantitative estimate of drug-likeness (QED) is 0.904. The van der Waals surface area contributed by atoms with Crippen LogP contribution < -0.4 is 5.73 Å². The van der Waals surface area contributed by atoms with Crippen molar-refractivity contribution in [3.63, 3.8) is 0 Å². The summed E-state index contributed by atoms with van der Waals surface area (Å²) >= 11 is 3.63. The van der Waals surface area contributed by atoms with Crippen LogP contribution in [-0.2, 0) is 0 Å². The van der Waals surface area contributed by atoms with Crippen LogP contribution in [0.1, 0.15) is 31.4 Å². The molecule has 0 radical (unpaired) electrons. The summed E-state index contributed by atoms with van der Waals surface area (Å²) in [4.78, 5) is 2.41. The lowest BCUT2D eigenvalue weighted by Crippen LogP contribution is -2.38. The molecule has 2 unspecified atom stereocenters. The van der Waals surface area contributed by atoms with Gasteiger partial charge in [0.05, 0.1) is 6.04 Å². The first-order valence-corrected chi connectivity index (χ1v) is 7.09. The summed E-state index contributed by atoms with van der Waals surface area (Å²) in [5.41, 5.74) is 7.47. The monoisotopic (exact) mass is 296 g/mol. The summed E-state index contributed by atoms with van der Waals surface area (Å²) in [7, 11) is 2.19. The highest BCUT2D eigenvalue weighted by atomic mass is 79.9. The summed E-state index contributed by atoms with van der Waals surface area (Å²) < 4.78 is 1.16. The van der Waals surface area contributed by atoms with Crippen molar-refractivity contribution in [1.29, 1.82) is 0 Å². The Morgan fingerprint density at radius 2 is 2.06 bits per heavy atom. The van der Waals surface area contributed by atoms with Crippen molar-refractivity contribution >= 4 is 15.9 Å². The van der Waals surface area contributed by atoms with E-state index in [0.717, 1.165) is 16.9 Å². The Morgan fingerprint density at radius 1 is 1.41 bits per heavy atom. The van der Waals surface area contributed by atoms with E-state index in [1.165, 1.54) is 18.4 Å². The maximum absolute atomic E-state index is 6.17. The van der Waals surface area contributed by atoms with Crippen molar-refractivity contribution in [1.82, 2.24) is 4.90 Å². The lowest BCUT2D eigenvalue weighted by Gasteiger charge is -2.32. The van der Waals surface area contributed by atoms with Crippen LogP contribution in [0.2, 0.25) is 0 Å². The van der Waals surface area contributed by atoms with Gasteiger partial charge in [-0.3, -0.25) is 4.90 Å². The van der Waals surface area contributed by atoms with Crippen molar-refractivity contribution in [2.24, 2.45) is 11.7 Å². The molecule has 0 aliphatic heterocycles. The van der Waals surface area contributed by atoms with E-state index in [4.69, 9.17) is 5.73 Å². The zero-order valence-electron chi connectivity index (χ0n) is 10.6. The Kier molecular flexibility index (Phi) is 4.23. The number of hydrogen-bond donors (Lipinski definition) is 1. The van der Waals surface area contributed by atoms with Crippen LogP contribution in [0.5, 0.6) is 0 Å². The van der Waals surface area contributed by atoms with Crippen molar-refractivity contribution in [2.45, 2.75) is 31.8 Å². The highest BCUT2D eigenvalue weighted by molar-refractivity contribution is 9.10. The minimum Gasteiger partial charge on any atom is -0.326 e. The summed E-state index contributed by atoms with van der Waals surface area (Å²) in [6.45, 7) is 3.25. The van der Waals surface area contributed by atoms with E-state index in [9.17, 15) is 0 Å². The molecule has 0 saturated heterocycles.